The van der Waals surface area contributed by atoms with Gasteiger partial charge in [0, 0.05) is 25.2 Å². The van der Waals surface area contributed by atoms with E-state index in [0.717, 1.165) is 29.5 Å². The van der Waals surface area contributed by atoms with Crippen molar-refractivity contribution in [3.05, 3.63) is 71.0 Å². The van der Waals surface area contributed by atoms with Gasteiger partial charge in [-0.3, -0.25) is 0 Å². The van der Waals surface area contributed by atoms with Crippen LogP contribution in [-0.2, 0) is 13.1 Å². The van der Waals surface area contributed by atoms with Crippen molar-refractivity contribution in [3.63, 3.8) is 0 Å². The molecule has 1 aliphatic rings. The standard InChI is InChI=1S/C20H24FN3O/c1-14(22)17-6-2-15(3-7-17)12-23-20(25)24(19-10-11-19)13-16-4-8-18(21)9-5-16/h2-9,14,19H,10-13,22H2,1H3,(H,23,25). The molecular weight excluding hydrogens is 317 g/mol. The van der Waals surface area contributed by atoms with E-state index in [1.165, 1.54) is 12.1 Å². The lowest BCUT2D eigenvalue weighted by Crippen LogP contribution is -2.40. The topological polar surface area (TPSA) is 58.4 Å². The summed E-state index contributed by atoms with van der Waals surface area (Å²) in [4.78, 5) is 14.4. The number of halogens is 1. The summed E-state index contributed by atoms with van der Waals surface area (Å²) < 4.78 is 13.0. The molecule has 132 valence electrons. The summed E-state index contributed by atoms with van der Waals surface area (Å²) in [7, 11) is 0. The molecule has 3 rings (SSSR count). The van der Waals surface area contributed by atoms with Gasteiger partial charge in [0.05, 0.1) is 0 Å². The fourth-order valence-corrected chi connectivity index (χ4v) is 2.76. The Morgan fingerprint density at radius 3 is 2.32 bits per heavy atom. The molecular formula is C20H24FN3O. The van der Waals surface area contributed by atoms with Gasteiger partial charge in [0.1, 0.15) is 5.82 Å². The Morgan fingerprint density at radius 2 is 1.76 bits per heavy atom. The SMILES string of the molecule is CC(N)c1ccc(CNC(=O)N(Cc2ccc(F)cc2)C2CC2)cc1. The summed E-state index contributed by atoms with van der Waals surface area (Å²) in [5.74, 6) is -0.263. The van der Waals surface area contributed by atoms with Crippen LogP contribution in [0, 0.1) is 5.82 Å². The Balaban J connectivity index is 1.58. The molecule has 1 atom stereocenters. The summed E-state index contributed by atoms with van der Waals surface area (Å²) in [6, 6.07) is 14.5. The van der Waals surface area contributed by atoms with Crippen molar-refractivity contribution < 1.29 is 9.18 Å². The molecule has 2 aromatic carbocycles. The zero-order valence-corrected chi connectivity index (χ0v) is 14.4. The van der Waals surface area contributed by atoms with Crippen molar-refractivity contribution in [2.45, 2.75) is 44.9 Å². The maximum absolute atomic E-state index is 13.0. The molecule has 0 aliphatic heterocycles. The Bertz CT molecular complexity index is 709. The minimum atomic E-state index is -0.263. The second kappa shape index (κ2) is 7.66. The van der Waals surface area contributed by atoms with Crippen LogP contribution in [0.5, 0.6) is 0 Å². The largest absolute Gasteiger partial charge is 0.334 e. The second-order valence-electron chi connectivity index (χ2n) is 6.67. The zero-order chi connectivity index (χ0) is 17.8. The van der Waals surface area contributed by atoms with Gasteiger partial charge in [-0.05, 0) is 48.6 Å². The fraction of sp³-hybridized carbons (Fsp3) is 0.350. The Morgan fingerprint density at radius 1 is 1.16 bits per heavy atom. The first kappa shape index (κ1) is 17.4. The van der Waals surface area contributed by atoms with Crippen LogP contribution < -0.4 is 11.1 Å². The third-order valence-electron chi connectivity index (χ3n) is 4.46. The van der Waals surface area contributed by atoms with Crippen LogP contribution in [0.2, 0.25) is 0 Å². The number of carbonyl (C=O) groups is 1. The Kier molecular flexibility index (Phi) is 5.34. The normalized spacial score (nSPS) is 14.8. The summed E-state index contributed by atoms with van der Waals surface area (Å²) in [6.07, 6.45) is 2.05. The van der Waals surface area contributed by atoms with E-state index in [9.17, 15) is 9.18 Å². The number of carbonyl (C=O) groups excluding carboxylic acids is 1. The van der Waals surface area contributed by atoms with E-state index in [0.29, 0.717) is 13.1 Å². The van der Waals surface area contributed by atoms with Gasteiger partial charge in [-0.25, -0.2) is 9.18 Å². The van der Waals surface area contributed by atoms with Crippen molar-refractivity contribution in [1.29, 1.82) is 0 Å². The van der Waals surface area contributed by atoms with Gasteiger partial charge in [-0.15, -0.1) is 0 Å². The van der Waals surface area contributed by atoms with E-state index in [4.69, 9.17) is 5.73 Å². The molecule has 0 bridgehead atoms. The number of rotatable bonds is 6. The van der Waals surface area contributed by atoms with E-state index in [-0.39, 0.29) is 23.9 Å². The van der Waals surface area contributed by atoms with Crippen LogP contribution in [-0.4, -0.2) is 17.0 Å². The number of hydrogen-bond acceptors (Lipinski definition) is 2. The molecule has 25 heavy (non-hydrogen) atoms. The number of urea groups is 1. The lowest BCUT2D eigenvalue weighted by Gasteiger charge is -2.23. The molecule has 2 aromatic rings. The van der Waals surface area contributed by atoms with Crippen molar-refractivity contribution in [2.75, 3.05) is 0 Å². The molecule has 5 heteroatoms. The summed E-state index contributed by atoms with van der Waals surface area (Å²) in [6.45, 7) is 2.92. The second-order valence-corrected chi connectivity index (χ2v) is 6.67. The highest BCUT2D eigenvalue weighted by atomic mass is 19.1. The van der Waals surface area contributed by atoms with E-state index >= 15 is 0 Å². The maximum Gasteiger partial charge on any atom is 0.318 e. The number of benzene rings is 2. The van der Waals surface area contributed by atoms with Crippen molar-refractivity contribution in [2.24, 2.45) is 5.73 Å². The first-order valence-corrected chi connectivity index (χ1v) is 8.66. The summed E-state index contributed by atoms with van der Waals surface area (Å²) >= 11 is 0. The number of nitrogens with zero attached hydrogens (tertiary/aromatic N) is 1. The number of nitrogens with one attached hydrogen (secondary N) is 1. The molecule has 3 N–H and O–H groups in total. The quantitative estimate of drug-likeness (QED) is 0.841. The van der Waals surface area contributed by atoms with Crippen molar-refractivity contribution in [1.82, 2.24) is 10.2 Å². The van der Waals surface area contributed by atoms with E-state index < -0.39 is 0 Å². The van der Waals surface area contributed by atoms with Gasteiger partial charge >= 0.3 is 6.03 Å². The van der Waals surface area contributed by atoms with Gasteiger partial charge in [0.25, 0.3) is 0 Å². The van der Waals surface area contributed by atoms with Gasteiger partial charge in [0.2, 0.25) is 0 Å². The number of nitrogens with two attached hydrogens (primary N) is 1. The minimum Gasteiger partial charge on any atom is -0.334 e. The van der Waals surface area contributed by atoms with Gasteiger partial charge in [-0.2, -0.15) is 0 Å². The van der Waals surface area contributed by atoms with Crippen molar-refractivity contribution >= 4 is 6.03 Å². The van der Waals surface area contributed by atoms with Crippen LogP contribution >= 0.6 is 0 Å². The van der Waals surface area contributed by atoms with E-state index in [1.54, 1.807) is 12.1 Å². The summed E-state index contributed by atoms with van der Waals surface area (Å²) in [5.41, 5.74) is 8.90. The Labute approximate surface area is 147 Å². The molecule has 4 nitrogen and oxygen atoms in total. The van der Waals surface area contributed by atoms with Gasteiger partial charge in [0.15, 0.2) is 0 Å². The Hall–Kier alpha value is -2.40. The van der Waals surface area contributed by atoms with Crippen LogP contribution in [0.3, 0.4) is 0 Å². The molecule has 0 heterocycles. The molecule has 1 saturated carbocycles. The fourth-order valence-electron chi connectivity index (χ4n) is 2.76. The minimum absolute atomic E-state index is 0.00436. The predicted molar refractivity (Wildman–Crippen MR) is 96.2 cm³/mol. The highest BCUT2D eigenvalue weighted by molar-refractivity contribution is 5.75. The molecule has 0 spiro atoms. The van der Waals surface area contributed by atoms with Gasteiger partial charge in [-0.1, -0.05) is 36.4 Å². The van der Waals surface area contributed by atoms with Crippen molar-refractivity contribution in [3.8, 4) is 0 Å². The van der Waals surface area contributed by atoms with E-state index in [2.05, 4.69) is 5.32 Å². The molecule has 0 radical (unpaired) electrons. The van der Waals surface area contributed by atoms with Crippen LogP contribution in [0.15, 0.2) is 48.5 Å². The molecule has 1 unspecified atom stereocenters. The third kappa shape index (κ3) is 4.79. The number of amides is 2. The smallest absolute Gasteiger partial charge is 0.318 e. The first-order chi connectivity index (χ1) is 12.0. The maximum atomic E-state index is 13.0. The lowest BCUT2D eigenvalue weighted by atomic mass is 10.1. The molecule has 1 aliphatic carbocycles. The molecule has 1 fully saturated rings. The average molecular weight is 341 g/mol. The van der Waals surface area contributed by atoms with Crippen LogP contribution in [0.4, 0.5) is 9.18 Å². The number of hydrogen-bond donors (Lipinski definition) is 2. The van der Waals surface area contributed by atoms with E-state index in [1.807, 2.05) is 36.1 Å². The summed E-state index contributed by atoms with van der Waals surface area (Å²) in [5, 5.41) is 2.98. The lowest BCUT2D eigenvalue weighted by molar-refractivity contribution is 0.191. The third-order valence-corrected chi connectivity index (χ3v) is 4.46. The highest BCUT2D eigenvalue weighted by Crippen LogP contribution is 2.28. The predicted octanol–water partition coefficient (Wildman–Crippen LogP) is 3.72. The van der Waals surface area contributed by atoms with Gasteiger partial charge < -0.3 is 16.0 Å². The first-order valence-electron chi connectivity index (χ1n) is 8.66. The highest BCUT2D eigenvalue weighted by Gasteiger charge is 2.32. The molecule has 0 aromatic heterocycles. The molecule has 2 amide bonds. The zero-order valence-electron chi connectivity index (χ0n) is 14.4. The average Bonchev–Trinajstić information content (AvgIpc) is 3.44. The monoisotopic (exact) mass is 341 g/mol. The van der Waals surface area contributed by atoms with Crippen LogP contribution in [0.1, 0.15) is 42.5 Å². The van der Waals surface area contributed by atoms with Crippen LogP contribution in [0.25, 0.3) is 0 Å². The molecule has 0 saturated heterocycles.